The van der Waals surface area contributed by atoms with E-state index < -0.39 is 12.8 Å². The summed E-state index contributed by atoms with van der Waals surface area (Å²) in [7, 11) is -0.446. The zero-order valence-corrected chi connectivity index (χ0v) is 21.1. The van der Waals surface area contributed by atoms with Gasteiger partial charge in [-0.3, -0.25) is 10.1 Å². The number of hydrogen-bond donors (Lipinski definition) is 1. The Morgan fingerprint density at radius 3 is 1.56 bits per heavy atom. The van der Waals surface area contributed by atoms with E-state index in [2.05, 4.69) is 128 Å². The second-order valence-electron chi connectivity index (χ2n) is 6.38. The molecule has 0 radical (unpaired) electrons. The van der Waals surface area contributed by atoms with Crippen LogP contribution in [0.1, 0.15) is 5.56 Å². The number of nitrogens with zero attached hydrogens (tertiary/aromatic N) is 1. The maximum absolute atomic E-state index is 10.2. The van der Waals surface area contributed by atoms with E-state index in [9.17, 15) is 10.1 Å². The number of rotatable bonds is 5. The zero-order valence-electron chi connectivity index (χ0n) is 17.1. The summed E-state index contributed by atoms with van der Waals surface area (Å²) in [6.45, 7) is 0.279. The first kappa shape index (κ1) is 26.1. The van der Waals surface area contributed by atoms with Gasteiger partial charge in [-0.1, -0.05) is 103 Å². The molecule has 7 heteroatoms. The van der Waals surface area contributed by atoms with E-state index in [0.29, 0.717) is 5.56 Å². The first-order chi connectivity index (χ1) is 15.7. The van der Waals surface area contributed by atoms with E-state index in [1.54, 1.807) is 0 Å². The maximum Gasteiger partial charge on any atom is -0.0134 e. The molecular formula is C25H22BrN2O2PPd. The Labute approximate surface area is 207 Å². The van der Waals surface area contributed by atoms with Crippen molar-refractivity contribution in [2.45, 2.75) is 6.54 Å². The van der Waals surface area contributed by atoms with Crippen molar-refractivity contribution in [2.24, 2.45) is 5.73 Å². The smallest absolute Gasteiger partial charge is 0.0134 e. The van der Waals surface area contributed by atoms with Crippen LogP contribution in [-0.4, -0.2) is 4.92 Å². The van der Waals surface area contributed by atoms with Gasteiger partial charge in [-0.05, 0) is 30.4 Å². The largest absolute Gasteiger partial charge is 0.0622 e. The standard InChI is InChI=1S/C18H15P.C7H7N2O2.BrH.Pd/c1-4-10-16(11-5-1)19(17-12-6-2-7-13-17)18-14-8-3-9-15-18;8-5-6-2-1-3-7(4-6)9(10)11;;/h1-15H;1,3-4H,5,8H2;1H;/q;-1;;+2/p-1. The van der Waals surface area contributed by atoms with Gasteiger partial charge in [0.25, 0.3) is 0 Å². The molecular weight excluding hydrogens is 578 g/mol. The molecule has 0 aliphatic heterocycles. The van der Waals surface area contributed by atoms with E-state index in [4.69, 9.17) is 5.73 Å². The first-order valence-electron chi connectivity index (χ1n) is 9.61. The molecule has 0 spiro atoms. The molecule has 0 aromatic heterocycles. The van der Waals surface area contributed by atoms with Crippen LogP contribution >= 0.6 is 21.4 Å². The van der Waals surface area contributed by atoms with E-state index in [0.717, 1.165) is 0 Å². The molecule has 4 rings (SSSR count). The van der Waals surface area contributed by atoms with Crippen LogP contribution in [0.2, 0.25) is 0 Å². The number of non-ortho nitro benzene ring substituents is 1. The van der Waals surface area contributed by atoms with Crippen molar-refractivity contribution in [2.75, 3.05) is 0 Å². The van der Waals surface area contributed by atoms with Gasteiger partial charge in [-0.2, -0.15) is 12.1 Å². The van der Waals surface area contributed by atoms with Gasteiger partial charge in [0, 0.05) is 4.92 Å². The molecule has 0 saturated heterocycles. The quantitative estimate of drug-likeness (QED) is 0.114. The Hall–Kier alpha value is -2.19. The van der Waals surface area contributed by atoms with Gasteiger partial charge in [0.2, 0.25) is 0 Å². The summed E-state index contributed by atoms with van der Waals surface area (Å²) in [5, 5.41) is 14.4. The molecule has 0 unspecified atom stereocenters. The van der Waals surface area contributed by atoms with Gasteiger partial charge in [0.15, 0.2) is 5.69 Å². The number of nitrogens with two attached hydrogens (primary N) is 1. The molecule has 0 bridgehead atoms. The van der Waals surface area contributed by atoms with Crippen LogP contribution in [0.3, 0.4) is 0 Å². The average Bonchev–Trinajstić information content (AvgIpc) is 2.88. The molecule has 4 aromatic carbocycles. The van der Waals surface area contributed by atoms with E-state index in [-0.39, 0.29) is 12.2 Å². The van der Waals surface area contributed by atoms with Crippen LogP contribution in [0.5, 0.6) is 0 Å². The van der Waals surface area contributed by atoms with Crippen LogP contribution < -0.4 is 21.6 Å². The SMILES string of the molecule is NCc1[c-]ccc([N+](=O)[O-])c1.[Br][Pd+].c1ccc(P(c2ccccc2)c2ccccc2)cc1. The van der Waals surface area contributed by atoms with E-state index >= 15 is 0 Å². The van der Waals surface area contributed by atoms with Gasteiger partial charge in [-0.25, -0.2) is 0 Å². The van der Waals surface area contributed by atoms with Gasteiger partial charge in [0.1, 0.15) is 0 Å². The average molecular weight is 600 g/mol. The van der Waals surface area contributed by atoms with Crippen molar-refractivity contribution in [3.63, 3.8) is 0 Å². The molecule has 0 fully saturated rings. The number of hydrogen-bond acceptors (Lipinski definition) is 3. The number of nitro groups is 1. The molecule has 0 heterocycles. The van der Waals surface area contributed by atoms with Gasteiger partial charge in [-0.15, -0.1) is 5.56 Å². The predicted molar refractivity (Wildman–Crippen MR) is 134 cm³/mol. The summed E-state index contributed by atoms with van der Waals surface area (Å²) in [5.74, 6) is 0. The summed E-state index contributed by atoms with van der Waals surface area (Å²) < 4.78 is 0. The monoisotopic (exact) mass is 598 g/mol. The fourth-order valence-electron chi connectivity index (χ4n) is 2.91. The third-order valence-corrected chi connectivity index (χ3v) is 6.76. The molecule has 0 saturated carbocycles. The van der Waals surface area contributed by atoms with Crippen LogP contribution in [0.4, 0.5) is 5.69 Å². The summed E-state index contributed by atoms with van der Waals surface area (Å²) in [4.78, 5) is 9.77. The minimum atomic E-state index is -0.451. The molecule has 4 nitrogen and oxygen atoms in total. The first-order valence-corrected chi connectivity index (χ1v) is 14.5. The van der Waals surface area contributed by atoms with E-state index in [1.165, 1.54) is 34.1 Å². The van der Waals surface area contributed by atoms with Crippen LogP contribution in [0.25, 0.3) is 0 Å². The molecule has 4 aromatic rings. The predicted octanol–water partition coefficient (Wildman–Crippen LogP) is 5.14. The molecule has 32 heavy (non-hydrogen) atoms. The second kappa shape index (κ2) is 14.8. The maximum atomic E-state index is 10.2. The number of nitro benzene ring substituents is 1. The minimum absolute atomic E-state index is 0.0594. The van der Waals surface area contributed by atoms with Crippen molar-refractivity contribution in [1.82, 2.24) is 0 Å². The third kappa shape index (κ3) is 8.06. The Morgan fingerprint density at radius 1 is 0.812 bits per heavy atom. The third-order valence-electron chi connectivity index (χ3n) is 4.32. The summed E-state index contributed by atoms with van der Waals surface area (Å²) in [6, 6.07) is 39.4. The van der Waals surface area contributed by atoms with E-state index in [1.807, 2.05) is 0 Å². The minimum Gasteiger partial charge on any atom is -0.0622 e. The van der Waals surface area contributed by atoms with Crippen molar-refractivity contribution < 1.29 is 22.1 Å². The Morgan fingerprint density at radius 2 is 1.22 bits per heavy atom. The Balaban J connectivity index is 0.000000239. The van der Waals surface area contributed by atoms with Crippen molar-refractivity contribution >= 4 is 43.0 Å². The Bertz CT molecular complexity index is 977. The fraction of sp³-hybridized carbons (Fsp3) is 0.0400. The summed E-state index contributed by atoms with van der Waals surface area (Å²) in [5.41, 5.74) is 5.98. The molecule has 0 amide bonds. The molecule has 0 aliphatic carbocycles. The number of halogens is 1. The molecule has 166 valence electrons. The zero-order chi connectivity index (χ0) is 23.2. The van der Waals surface area contributed by atoms with Gasteiger partial charge in [0.05, 0.1) is 0 Å². The van der Waals surface area contributed by atoms with Crippen LogP contribution in [0, 0.1) is 16.2 Å². The molecule has 0 aliphatic rings. The summed E-state index contributed by atoms with van der Waals surface area (Å²) >= 11 is 5.35. The van der Waals surface area contributed by atoms with Crippen LogP contribution in [-0.2, 0) is 23.7 Å². The normalized spacial score (nSPS) is 9.78. The molecule has 0 atom stereocenters. The number of benzene rings is 4. The van der Waals surface area contributed by atoms with Crippen molar-refractivity contribution in [1.29, 1.82) is 0 Å². The summed E-state index contributed by atoms with van der Waals surface area (Å²) in [6.07, 6.45) is 0. The van der Waals surface area contributed by atoms with Crippen molar-refractivity contribution in [3.8, 4) is 0 Å². The van der Waals surface area contributed by atoms with Crippen LogP contribution in [0.15, 0.2) is 109 Å². The van der Waals surface area contributed by atoms with Gasteiger partial charge >= 0.3 is 30.6 Å². The topological polar surface area (TPSA) is 69.2 Å². The second-order valence-corrected chi connectivity index (χ2v) is 8.60. The van der Waals surface area contributed by atoms with Crippen molar-refractivity contribution in [3.05, 3.63) is 131 Å². The van der Waals surface area contributed by atoms with Gasteiger partial charge < -0.3 is 5.73 Å². The molecule has 2 N–H and O–H groups in total. The Kier molecular flexibility index (Phi) is 12.1. The fourth-order valence-corrected chi connectivity index (χ4v) is 5.22.